The van der Waals surface area contributed by atoms with Crippen LogP contribution in [0.5, 0.6) is 5.75 Å². The van der Waals surface area contributed by atoms with E-state index in [0.717, 1.165) is 51.3 Å². The predicted molar refractivity (Wildman–Crippen MR) is 448 cm³/mol. The van der Waals surface area contributed by atoms with Crippen molar-refractivity contribution >= 4 is 160 Å². The van der Waals surface area contributed by atoms with E-state index in [-0.39, 0.29) is 163 Å². The fraction of sp³-hybridized carbons (Fsp3) is 0.750. The van der Waals surface area contributed by atoms with Crippen molar-refractivity contribution < 1.29 is 120 Å². The number of pyridine rings is 1. The maximum atomic E-state index is 15.0. The van der Waals surface area contributed by atoms with E-state index in [1.807, 2.05) is 31.0 Å². The first-order valence-electron chi connectivity index (χ1n) is 39.4. The Labute approximate surface area is 685 Å². The molecule has 5 saturated carbocycles. The average Bonchev–Trinajstić information content (AvgIpc) is 1.69. The van der Waals surface area contributed by atoms with Crippen molar-refractivity contribution in [3.05, 3.63) is 46.0 Å². The molecule has 11 aliphatic rings. The normalized spacial score (nSPS) is 30.0. The van der Waals surface area contributed by atoms with Crippen LogP contribution in [0.2, 0.25) is 188 Å². The Morgan fingerprint density at radius 3 is 1.25 bits per heavy atom. The topological polar surface area (TPSA) is 288 Å². The van der Waals surface area contributed by atoms with Gasteiger partial charge in [-0.25, -0.2) is 9.18 Å². The Hall–Kier alpha value is -2.52. The quantitative estimate of drug-likeness (QED) is 0.0377. The number of hydrogen-bond donors (Lipinski definition) is 1. The minimum Gasteiger partial charge on any atom is -0.487 e. The number of benzene rings is 1. The minimum absolute atomic E-state index is 0. The summed E-state index contributed by atoms with van der Waals surface area (Å²) in [7, 11) is -21.8. The first-order valence-corrected chi connectivity index (χ1v) is 75.2. The molecule has 18 atom stereocenters. The Balaban J connectivity index is 0.000000179. The number of aromatic carboxylic acids is 1. The van der Waals surface area contributed by atoms with Gasteiger partial charge < -0.3 is 75.5 Å². The smallest absolute Gasteiger partial charge is 0.341 e. The Bertz CT molecular complexity index is 3800. The maximum Gasteiger partial charge on any atom is 0.341 e. The van der Waals surface area contributed by atoms with Crippen molar-refractivity contribution in [1.29, 1.82) is 0 Å². The fourth-order valence-corrected chi connectivity index (χ4v) is 71.8. The summed E-state index contributed by atoms with van der Waals surface area (Å²) in [5.74, 6) is -3.49. The van der Waals surface area contributed by atoms with Gasteiger partial charge in [-0.3, -0.25) is 33.6 Å². The molecule has 111 heavy (non-hydrogen) atoms. The minimum atomic E-state index is -2.65. The molecule has 39 heteroatoms. The van der Waals surface area contributed by atoms with Crippen LogP contribution in [0.15, 0.2) is 29.2 Å². The van der Waals surface area contributed by atoms with Gasteiger partial charge in [0, 0.05) is 64.5 Å². The molecular formula is C72H128FN3O22PtSi12. The Kier molecular flexibility index (Phi) is 28.7. The van der Waals surface area contributed by atoms with E-state index in [1.165, 1.54) is 6.20 Å². The van der Waals surface area contributed by atoms with Gasteiger partial charge in [-0.1, -0.05) is 12.2 Å². The number of likely N-dealkylation sites (N-methyl/N-ethyl adjacent to an activating group) is 1. The molecule has 9 fully saturated rings. The molecule has 628 valence electrons. The number of piperazine rings is 1. The second-order valence-corrected chi connectivity index (χ2v) is 87.7. The Morgan fingerprint density at radius 2 is 0.874 bits per heavy atom. The third-order valence-electron chi connectivity index (χ3n) is 21.8. The number of carboxylic acids is 1. The van der Waals surface area contributed by atoms with Crippen molar-refractivity contribution in [2.75, 3.05) is 44.7 Å². The van der Waals surface area contributed by atoms with Gasteiger partial charge in [0.05, 0.1) is 52.5 Å². The summed E-state index contributed by atoms with van der Waals surface area (Å²) in [6, 6.07) is 0.994. The zero-order chi connectivity index (χ0) is 82.6. The molecule has 13 rings (SSSR count). The van der Waals surface area contributed by atoms with Crippen LogP contribution in [0, 0.1) is 76.8 Å². The molecule has 4 saturated heterocycles. The monoisotopic (exact) mass is 1940 g/mol. The van der Waals surface area contributed by atoms with Crippen LogP contribution >= 0.6 is 0 Å². The number of carbonyl (C=O) groups excluding carboxylic acids is 6. The summed E-state index contributed by atoms with van der Waals surface area (Å²) in [4.78, 5) is 99.5. The molecule has 2 aromatic rings. The van der Waals surface area contributed by atoms with Gasteiger partial charge in [-0.15, -0.1) is 0 Å². The van der Waals surface area contributed by atoms with Crippen LogP contribution in [0.25, 0.3) is 10.9 Å². The van der Waals surface area contributed by atoms with Crippen molar-refractivity contribution in [3.8, 4) is 5.75 Å². The third kappa shape index (κ3) is 22.7. The van der Waals surface area contributed by atoms with Crippen LogP contribution in [-0.4, -0.2) is 198 Å². The molecule has 6 aliphatic carbocycles. The van der Waals surface area contributed by atoms with Crippen LogP contribution < -0.4 is 15.1 Å². The average molecular weight is 1940 g/mol. The summed E-state index contributed by atoms with van der Waals surface area (Å²) in [6.07, 6.45) is 10.0. The second-order valence-electron chi connectivity index (χ2n) is 39.7. The Morgan fingerprint density at radius 1 is 0.495 bits per heavy atom. The molecular weight excluding hydrogens is 1810 g/mol. The number of rotatable bonds is 22. The van der Waals surface area contributed by atoms with E-state index >= 15 is 0 Å². The van der Waals surface area contributed by atoms with E-state index in [2.05, 4.69) is 186 Å². The van der Waals surface area contributed by atoms with Gasteiger partial charge in [0.25, 0.3) is 9.28 Å². The SMILES string of the molecule is CC1COc2c(N3CCN(C)CC3)c(F)cc3c(=O)c(C(=O)O)cn1c23.C[SiH](O[Si](C)(C)C)O[Si](C)(C)O[Si](C)(C)C.C[Si](C)(C)O[Si](C)(C)O[Si](C)(O[Si](C)(C)C)C1CC2CC1C1C(=O)OC(=O)C21.C[Si](C)(C)O[Si](C)(C)O[Si](C)(O[Si](C)(C)C)C1CC2CC1C1C(=O)OC(=O)C21.O=C1OC(=O)C2C3C=CC(C3)C12.[Pt]. The van der Waals surface area contributed by atoms with Gasteiger partial charge >= 0.3 is 84.6 Å². The zero-order valence-corrected chi connectivity index (χ0v) is 85.6. The van der Waals surface area contributed by atoms with E-state index in [0.29, 0.717) is 30.0 Å². The van der Waals surface area contributed by atoms with Crippen LogP contribution in [0.3, 0.4) is 0 Å². The molecule has 0 radical (unpaired) electrons. The van der Waals surface area contributed by atoms with Crippen LogP contribution in [0.4, 0.5) is 10.1 Å². The fourth-order valence-electron chi connectivity index (χ4n) is 19.8. The molecule has 0 amide bonds. The first-order chi connectivity index (χ1) is 50.0. The zero-order valence-electron chi connectivity index (χ0n) is 71.2. The number of esters is 6. The standard InChI is InChI=1S/C18H20FN3O4.2C18H36O6Si4.C9H28O3Si4.C9H8O3.Pt/c1-10-9-26-17-14-11(16(23)12(18(24)25)8-22(10)14)7-13(19)15(17)21-5-3-20(2)4-6-21;2*1-25(2,3)22-27(7,8)24-28(9,23-26(4,5)6)14-11-12-10-13(14)16-15(12)17(19)21-18(16)20;1-13(10-14(2,3)4)11-16(8,9)12-15(5,6)7;10-8-6-4-1-2-5(3-4)7(6)9(11)12-8;/h7-8,10H,3-6,9H2,1-2H3,(H,24,25);2*12-16H,10-11H2,1-9H3;13H,1-9H3;1-2,4-7H,3H2;. The molecule has 1 aromatic heterocycles. The molecule has 1 N–H and O–H groups in total. The number of carbonyl (C=O) groups is 7. The number of fused-ring (bicyclic) bond motifs is 15. The number of anilines is 1. The third-order valence-corrected chi connectivity index (χ3v) is 62.1. The summed E-state index contributed by atoms with van der Waals surface area (Å²) < 4.78 is 95.7. The number of hydrogen-bond acceptors (Lipinski definition) is 23. The van der Waals surface area contributed by atoms with Gasteiger partial charge in [-0.2, -0.15) is 0 Å². The number of allylic oxidation sites excluding steroid dienone is 2. The molecule has 1 aromatic carbocycles. The molecule has 6 heterocycles. The van der Waals surface area contributed by atoms with Gasteiger partial charge in [0.2, 0.25) is 5.43 Å². The van der Waals surface area contributed by atoms with E-state index in [4.69, 9.17) is 51.2 Å². The number of ether oxygens (including phenoxy) is 4. The summed E-state index contributed by atoms with van der Waals surface area (Å²) >= 11 is 0. The molecule has 18 unspecified atom stereocenters. The van der Waals surface area contributed by atoms with Crippen molar-refractivity contribution in [3.63, 3.8) is 0 Å². The van der Waals surface area contributed by atoms with Crippen molar-refractivity contribution in [2.24, 2.45) is 71.0 Å². The second kappa shape index (κ2) is 33.9. The summed E-state index contributed by atoms with van der Waals surface area (Å²) in [6.45, 7) is 63.8. The molecule has 6 bridgehead atoms. The van der Waals surface area contributed by atoms with Gasteiger partial charge in [-0.05, 0) is 264 Å². The number of halogens is 1. The molecule has 0 spiro atoms. The van der Waals surface area contributed by atoms with Crippen LogP contribution in [0.1, 0.15) is 55.4 Å². The first kappa shape index (κ1) is 94.0. The largest absolute Gasteiger partial charge is 0.487 e. The van der Waals surface area contributed by atoms with Crippen molar-refractivity contribution in [1.82, 2.24) is 9.47 Å². The van der Waals surface area contributed by atoms with Crippen molar-refractivity contribution in [2.45, 2.75) is 233 Å². The molecule has 25 nitrogen and oxygen atoms in total. The summed E-state index contributed by atoms with van der Waals surface area (Å²) in [5.41, 5.74) is 0.195. The van der Waals surface area contributed by atoms with Gasteiger partial charge in [0.15, 0.2) is 61.5 Å². The van der Waals surface area contributed by atoms with Crippen LogP contribution in [-0.2, 0) is 101 Å². The predicted octanol–water partition coefficient (Wildman–Crippen LogP) is 13.7. The van der Waals surface area contributed by atoms with Gasteiger partial charge in [0.1, 0.15) is 17.9 Å². The molecule has 5 aliphatic heterocycles. The maximum absolute atomic E-state index is 15.0. The summed E-state index contributed by atoms with van der Waals surface area (Å²) in [5, 5.41) is 9.36. The van der Waals surface area contributed by atoms with E-state index in [1.54, 1.807) is 4.57 Å². The van der Waals surface area contributed by atoms with E-state index < -0.39 is 119 Å². The van der Waals surface area contributed by atoms with E-state index in [9.17, 15) is 47.9 Å². The number of aromatic nitrogens is 1. The number of carboxylic acid groups (broad SMARTS) is 1. The number of cyclic esters (lactones) is 6. The number of nitrogens with zero attached hydrogens (tertiary/aromatic N) is 3.